The van der Waals surface area contributed by atoms with Gasteiger partial charge in [0.1, 0.15) is 6.04 Å². The Morgan fingerprint density at radius 1 is 1.21 bits per heavy atom. The highest BCUT2D eigenvalue weighted by Gasteiger charge is 2.27. The number of amides is 3. The molecule has 29 heavy (non-hydrogen) atoms. The van der Waals surface area contributed by atoms with Gasteiger partial charge in [0.15, 0.2) is 17.8 Å². The number of aliphatic imine (C=N–C) groups is 1. The van der Waals surface area contributed by atoms with E-state index in [1.165, 1.54) is 0 Å². The molecule has 0 unspecified atom stereocenters. The van der Waals surface area contributed by atoms with E-state index in [2.05, 4.69) is 20.4 Å². The second kappa shape index (κ2) is 11.4. The van der Waals surface area contributed by atoms with Gasteiger partial charge in [-0.3, -0.25) is 9.79 Å². The molecule has 1 heterocycles. The molecule has 1 aromatic rings. The molecule has 0 spiro atoms. The summed E-state index contributed by atoms with van der Waals surface area (Å²) >= 11 is 0. The molecule has 12 N–H and O–H groups in total. The maximum Gasteiger partial charge on any atom is 0.328 e. The number of carboxylic acids is 1. The number of nitrogens with zero attached hydrogens (tertiary/aromatic N) is 3. The number of aliphatic hydroxyl groups is 1. The lowest BCUT2D eigenvalue weighted by molar-refractivity contribution is -0.140. The molecule has 1 aromatic heterocycles. The van der Waals surface area contributed by atoms with Crippen LogP contribution in [0.15, 0.2) is 9.52 Å². The quantitative estimate of drug-likeness (QED) is 0.0954. The number of primary amides is 1. The Kier molecular flexibility index (Phi) is 9.27. The van der Waals surface area contributed by atoms with Gasteiger partial charge in [0.05, 0.1) is 19.1 Å². The standard InChI is InChI=1S/C14H25N9O6/c15-6(2-1-3-19-13(17)18)10-22-11(29-23-10)7(4-9(16)25)20-14(28)21-8(5-24)12(26)27/h6-8,24H,1-5,15H2,(H2,16,25)(H,26,27)(H4,17,18,19)(H2,20,21,28)/t6-,7-,8-/m0/s1. The number of rotatable bonds is 12. The number of carbonyl (C=O) groups is 3. The Bertz CT molecular complexity index is 733. The fraction of sp³-hybridized carbons (Fsp3) is 0.571. The number of aromatic nitrogens is 2. The van der Waals surface area contributed by atoms with E-state index in [9.17, 15) is 14.4 Å². The number of guanidine groups is 1. The summed E-state index contributed by atoms with van der Waals surface area (Å²) in [5, 5.41) is 25.8. The monoisotopic (exact) mass is 415 g/mol. The van der Waals surface area contributed by atoms with Gasteiger partial charge >= 0.3 is 12.0 Å². The van der Waals surface area contributed by atoms with Crippen LogP contribution in [0.4, 0.5) is 4.79 Å². The number of carboxylic acid groups (broad SMARTS) is 1. The predicted molar refractivity (Wildman–Crippen MR) is 97.9 cm³/mol. The normalized spacial score (nSPS) is 13.7. The lowest BCUT2D eigenvalue weighted by atomic mass is 10.1. The zero-order valence-electron chi connectivity index (χ0n) is 15.4. The van der Waals surface area contributed by atoms with E-state index < -0.39 is 49.1 Å². The Labute approximate surface area is 164 Å². The first-order valence-corrected chi connectivity index (χ1v) is 8.47. The fourth-order valence-corrected chi connectivity index (χ4v) is 2.13. The van der Waals surface area contributed by atoms with Crippen LogP contribution in [0, 0.1) is 0 Å². The van der Waals surface area contributed by atoms with Gasteiger partial charge < -0.3 is 48.3 Å². The van der Waals surface area contributed by atoms with Crippen LogP contribution >= 0.6 is 0 Å². The summed E-state index contributed by atoms with van der Waals surface area (Å²) < 4.78 is 5.05. The average Bonchev–Trinajstić information content (AvgIpc) is 3.12. The van der Waals surface area contributed by atoms with Crippen molar-refractivity contribution in [2.45, 2.75) is 37.4 Å². The van der Waals surface area contributed by atoms with Gasteiger partial charge in [-0.25, -0.2) is 9.59 Å². The Morgan fingerprint density at radius 2 is 1.90 bits per heavy atom. The molecule has 15 heteroatoms. The van der Waals surface area contributed by atoms with Crippen LogP contribution < -0.4 is 33.6 Å². The third-order valence-electron chi connectivity index (χ3n) is 3.55. The minimum atomic E-state index is -1.54. The molecule has 0 bridgehead atoms. The van der Waals surface area contributed by atoms with Crippen LogP contribution in [0.1, 0.15) is 43.1 Å². The zero-order chi connectivity index (χ0) is 22.0. The van der Waals surface area contributed by atoms with Crippen LogP contribution in [0.3, 0.4) is 0 Å². The predicted octanol–water partition coefficient (Wildman–Crippen LogP) is -3.22. The van der Waals surface area contributed by atoms with Crippen LogP contribution in [0.2, 0.25) is 0 Å². The van der Waals surface area contributed by atoms with Crippen molar-refractivity contribution < 1.29 is 29.1 Å². The van der Waals surface area contributed by atoms with E-state index >= 15 is 0 Å². The maximum absolute atomic E-state index is 12.0. The summed E-state index contributed by atoms with van der Waals surface area (Å²) in [7, 11) is 0. The zero-order valence-corrected chi connectivity index (χ0v) is 15.4. The van der Waals surface area contributed by atoms with E-state index in [-0.39, 0.29) is 17.7 Å². The van der Waals surface area contributed by atoms with E-state index in [0.717, 1.165) is 0 Å². The van der Waals surface area contributed by atoms with E-state index in [4.69, 9.17) is 37.7 Å². The lowest BCUT2D eigenvalue weighted by Crippen LogP contribution is -2.49. The van der Waals surface area contributed by atoms with Crippen molar-refractivity contribution in [2.75, 3.05) is 13.2 Å². The Morgan fingerprint density at radius 3 is 2.45 bits per heavy atom. The van der Waals surface area contributed by atoms with Crippen LogP contribution in [0.5, 0.6) is 0 Å². The van der Waals surface area contributed by atoms with Crippen LogP contribution in [0.25, 0.3) is 0 Å². The van der Waals surface area contributed by atoms with Gasteiger partial charge in [0, 0.05) is 6.54 Å². The molecule has 3 atom stereocenters. The molecule has 0 aliphatic heterocycles. The number of urea groups is 1. The maximum atomic E-state index is 12.0. The minimum absolute atomic E-state index is 0.0367. The topological polar surface area (TPSA) is 271 Å². The van der Waals surface area contributed by atoms with Gasteiger partial charge in [0.25, 0.3) is 0 Å². The van der Waals surface area contributed by atoms with Crippen molar-refractivity contribution in [1.29, 1.82) is 0 Å². The summed E-state index contributed by atoms with van der Waals surface area (Å²) in [6.45, 7) is -0.467. The van der Waals surface area contributed by atoms with Crippen molar-refractivity contribution in [3.63, 3.8) is 0 Å². The van der Waals surface area contributed by atoms with Crippen LogP contribution in [-0.2, 0) is 9.59 Å². The molecule has 0 aliphatic carbocycles. The number of aliphatic hydroxyl groups excluding tert-OH is 1. The van der Waals surface area contributed by atoms with E-state index in [1.807, 2.05) is 5.32 Å². The molecule has 0 aliphatic rings. The minimum Gasteiger partial charge on any atom is -0.480 e. The number of hydrogen-bond donors (Lipinski definition) is 8. The Hall–Kier alpha value is -3.46. The lowest BCUT2D eigenvalue weighted by Gasteiger charge is -2.16. The summed E-state index contributed by atoms with van der Waals surface area (Å²) in [5.74, 6) is -2.29. The first-order valence-electron chi connectivity index (χ1n) is 8.47. The van der Waals surface area contributed by atoms with Crippen LogP contribution in [-0.4, -0.2) is 63.4 Å². The molecule has 0 aromatic carbocycles. The van der Waals surface area contributed by atoms with Crippen molar-refractivity contribution in [1.82, 2.24) is 20.8 Å². The van der Waals surface area contributed by atoms with Crippen molar-refractivity contribution >= 4 is 23.9 Å². The average molecular weight is 415 g/mol. The molecule has 0 saturated carbocycles. The molecule has 0 saturated heterocycles. The summed E-state index contributed by atoms with van der Waals surface area (Å²) in [5.41, 5.74) is 21.6. The smallest absolute Gasteiger partial charge is 0.328 e. The molecule has 0 radical (unpaired) electrons. The molecule has 1 rings (SSSR count). The van der Waals surface area contributed by atoms with Crippen molar-refractivity contribution in [3.05, 3.63) is 11.7 Å². The molecular formula is C14H25N9O6. The molecule has 0 fully saturated rings. The van der Waals surface area contributed by atoms with Gasteiger partial charge in [-0.15, -0.1) is 0 Å². The number of nitrogens with two attached hydrogens (primary N) is 4. The van der Waals surface area contributed by atoms with Crippen molar-refractivity contribution in [2.24, 2.45) is 27.9 Å². The second-order valence-electron chi connectivity index (χ2n) is 5.96. The largest absolute Gasteiger partial charge is 0.480 e. The third-order valence-corrected chi connectivity index (χ3v) is 3.55. The number of aliphatic carboxylic acids is 1. The summed E-state index contributed by atoms with van der Waals surface area (Å²) in [4.78, 5) is 42.0. The second-order valence-corrected chi connectivity index (χ2v) is 5.96. The number of hydrogen-bond acceptors (Lipinski definition) is 9. The molecule has 15 nitrogen and oxygen atoms in total. The van der Waals surface area contributed by atoms with Gasteiger partial charge in [-0.2, -0.15) is 4.98 Å². The number of carbonyl (C=O) groups excluding carboxylic acids is 2. The third kappa shape index (κ3) is 8.39. The SMILES string of the molecule is NC(=O)C[C@H](NC(=O)N[C@@H](CO)C(=O)O)c1nc([C@@H](N)CCCN=C(N)N)no1. The summed E-state index contributed by atoms with van der Waals surface area (Å²) in [6.07, 6.45) is 0.582. The first kappa shape index (κ1) is 23.6. The first-order chi connectivity index (χ1) is 13.6. The van der Waals surface area contributed by atoms with Gasteiger partial charge in [-0.05, 0) is 12.8 Å². The number of nitrogens with one attached hydrogen (secondary N) is 2. The molecule has 162 valence electrons. The van der Waals surface area contributed by atoms with E-state index in [1.54, 1.807) is 0 Å². The van der Waals surface area contributed by atoms with Gasteiger partial charge in [-0.1, -0.05) is 5.16 Å². The summed E-state index contributed by atoms with van der Waals surface area (Å²) in [6, 6.07) is -4.27. The Balaban J connectivity index is 2.78. The van der Waals surface area contributed by atoms with Crippen molar-refractivity contribution in [3.8, 4) is 0 Å². The van der Waals surface area contributed by atoms with Gasteiger partial charge in [0.2, 0.25) is 11.8 Å². The highest BCUT2D eigenvalue weighted by atomic mass is 16.5. The highest BCUT2D eigenvalue weighted by molar-refractivity contribution is 5.83. The fourth-order valence-electron chi connectivity index (χ4n) is 2.13. The van der Waals surface area contributed by atoms with E-state index in [0.29, 0.717) is 19.4 Å². The highest BCUT2D eigenvalue weighted by Crippen LogP contribution is 2.18. The molecular weight excluding hydrogens is 390 g/mol. The molecule has 3 amide bonds.